The molecule has 0 unspecified atom stereocenters. The summed E-state index contributed by atoms with van der Waals surface area (Å²) in [6, 6.07) is 6.52. The Morgan fingerprint density at radius 2 is 2.11 bits per heavy atom. The Hall–Kier alpha value is -1.42. The zero-order valence-corrected chi connectivity index (χ0v) is 11.5. The lowest BCUT2D eigenvalue weighted by molar-refractivity contribution is -0.143. The summed E-state index contributed by atoms with van der Waals surface area (Å²) in [5, 5.41) is 8.99. The summed E-state index contributed by atoms with van der Waals surface area (Å²) in [5.74, 6) is -0.755. The zero-order chi connectivity index (χ0) is 13.7. The number of nitrogens with zero attached hydrogens (tertiary/aromatic N) is 2. The summed E-state index contributed by atoms with van der Waals surface area (Å²) in [5.41, 5.74) is 1.12. The minimum absolute atomic E-state index is 0.125. The molecule has 1 aliphatic carbocycles. The summed E-state index contributed by atoms with van der Waals surface area (Å²) >= 11 is 0. The van der Waals surface area contributed by atoms with Crippen molar-refractivity contribution in [2.75, 3.05) is 13.6 Å². The monoisotopic (exact) mass is 262 g/mol. The minimum atomic E-state index is -0.630. The number of rotatable bonds is 5. The third-order valence-electron chi connectivity index (χ3n) is 4.12. The second-order valence-corrected chi connectivity index (χ2v) is 5.40. The fraction of sp³-hybridized carbons (Fsp3) is 0.600. The van der Waals surface area contributed by atoms with Gasteiger partial charge in [0.2, 0.25) is 0 Å². The molecule has 4 heteroatoms. The second-order valence-electron chi connectivity index (χ2n) is 5.40. The highest BCUT2D eigenvalue weighted by molar-refractivity contribution is 5.70. The number of carboxylic acids is 1. The molecule has 1 aromatic heterocycles. The van der Waals surface area contributed by atoms with Crippen molar-refractivity contribution in [3.05, 3.63) is 30.1 Å². The van der Waals surface area contributed by atoms with Crippen molar-refractivity contribution in [2.24, 2.45) is 5.92 Å². The molecular weight excluding hydrogens is 240 g/mol. The molecule has 4 nitrogen and oxygen atoms in total. The number of carboxylic acid groups (broad SMARTS) is 1. The lowest BCUT2D eigenvalue weighted by Crippen LogP contribution is -2.37. The van der Waals surface area contributed by atoms with Crippen LogP contribution in [0.15, 0.2) is 24.4 Å². The topological polar surface area (TPSA) is 53.4 Å². The lowest BCUT2D eigenvalue weighted by Gasteiger charge is -2.33. The molecule has 104 valence electrons. The SMILES string of the molecule is CN(CCc1ccccn1)C1CCC(C(=O)O)CC1. The van der Waals surface area contributed by atoms with Crippen LogP contribution in [0.1, 0.15) is 31.4 Å². The van der Waals surface area contributed by atoms with Crippen LogP contribution in [0.25, 0.3) is 0 Å². The molecule has 0 radical (unpaired) electrons. The highest BCUT2D eigenvalue weighted by atomic mass is 16.4. The van der Waals surface area contributed by atoms with E-state index in [2.05, 4.69) is 23.0 Å². The second kappa shape index (κ2) is 6.66. The molecule has 0 spiro atoms. The molecule has 1 fully saturated rings. The summed E-state index contributed by atoms with van der Waals surface area (Å²) in [6.07, 6.45) is 6.40. The van der Waals surface area contributed by atoms with Gasteiger partial charge in [-0.1, -0.05) is 6.07 Å². The van der Waals surface area contributed by atoms with E-state index in [9.17, 15) is 4.79 Å². The van der Waals surface area contributed by atoms with Gasteiger partial charge < -0.3 is 10.0 Å². The van der Waals surface area contributed by atoms with Gasteiger partial charge in [0.05, 0.1) is 5.92 Å². The van der Waals surface area contributed by atoms with Gasteiger partial charge in [0.1, 0.15) is 0 Å². The van der Waals surface area contributed by atoms with Gasteiger partial charge in [0.15, 0.2) is 0 Å². The van der Waals surface area contributed by atoms with Crippen LogP contribution in [0.2, 0.25) is 0 Å². The van der Waals surface area contributed by atoms with Gasteiger partial charge in [0, 0.05) is 30.9 Å². The van der Waals surface area contributed by atoms with Crippen molar-refractivity contribution < 1.29 is 9.90 Å². The van der Waals surface area contributed by atoms with Crippen LogP contribution in [-0.2, 0) is 11.2 Å². The van der Waals surface area contributed by atoms with Crippen molar-refractivity contribution in [3.63, 3.8) is 0 Å². The Morgan fingerprint density at radius 1 is 1.37 bits per heavy atom. The van der Waals surface area contributed by atoms with Gasteiger partial charge in [-0.15, -0.1) is 0 Å². The smallest absolute Gasteiger partial charge is 0.306 e. The van der Waals surface area contributed by atoms with Gasteiger partial charge in [-0.3, -0.25) is 9.78 Å². The van der Waals surface area contributed by atoms with E-state index in [-0.39, 0.29) is 5.92 Å². The van der Waals surface area contributed by atoms with E-state index < -0.39 is 5.97 Å². The Kier molecular flexibility index (Phi) is 4.91. The molecule has 1 heterocycles. The van der Waals surface area contributed by atoms with E-state index in [0.29, 0.717) is 6.04 Å². The average molecular weight is 262 g/mol. The molecule has 19 heavy (non-hydrogen) atoms. The lowest BCUT2D eigenvalue weighted by atomic mass is 9.85. The van der Waals surface area contributed by atoms with Crippen LogP contribution < -0.4 is 0 Å². The third-order valence-corrected chi connectivity index (χ3v) is 4.12. The van der Waals surface area contributed by atoms with Crippen LogP contribution >= 0.6 is 0 Å². The molecular formula is C15H22N2O2. The molecule has 0 aromatic carbocycles. The molecule has 0 saturated heterocycles. The van der Waals surface area contributed by atoms with E-state index in [0.717, 1.165) is 44.3 Å². The van der Waals surface area contributed by atoms with Gasteiger partial charge in [-0.25, -0.2) is 0 Å². The molecule has 1 aliphatic rings. The predicted molar refractivity (Wildman–Crippen MR) is 74.0 cm³/mol. The maximum atomic E-state index is 10.9. The van der Waals surface area contributed by atoms with Gasteiger partial charge >= 0.3 is 5.97 Å². The molecule has 1 aromatic rings. The Labute approximate surface area is 114 Å². The molecule has 0 amide bonds. The first-order valence-corrected chi connectivity index (χ1v) is 7.00. The van der Waals surface area contributed by atoms with E-state index in [1.54, 1.807) is 0 Å². The summed E-state index contributed by atoms with van der Waals surface area (Å²) < 4.78 is 0. The predicted octanol–water partition coefficient (Wildman–Crippen LogP) is 2.20. The van der Waals surface area contributed by atoms with Crippen LogP contribution in [-0.4, -0.2) is 40.6 Å². The first-order chi connectivity index (χ1) is 9.16. The number of hydrogen-bond donors (Lipinski definition) is 1. The van der Waals surface area contributed by atoms with E-state index in [1.807, 2.05) is 18.3 Å². The Bertz CT molecular complexity index is 400. The van der Waals surface area contributed by atoms with Crippen molar-refractivity contribution >= 4 is 5.97 Å². The molecule has 1 saturated carbocycles. The number of carbonyl (C=O) groups is 1. The highest BCUT2D eigenvalue weighted by Crippen LogP contribution is 2.27. The van der Waals surface area contributed by atoms with Crippen molar-refractivity contribution in [1.29, 1.82) is 0 Å². The van der Waals surface area contributed by atoms with Crippen molar-refractivity contribution in [2.45, 2.75) is 38.1 Å². The fourth-order valence-corrected chi connectivity index (χ4v) is 2.78. The normalized spacial score (nSPS) is 23.5. The third kappa shape index (κ3) is 4.03. The molecule has 2 rings (SSSR count). The summed E-state index contributed by atoms with van der Waals surface area (Å²) in [7, 11) is 2.13. The summed E-state index contributed by atoms with van der Waals surface area (Å²) in [6.45, 7) is 0.986. The highest BCUT2D eigenvalue weighted by Gasteiger charge is 2.27. The van der Waals surface area contributed by atoms with Gasteiger partial charge in [-0.2, -0.15) is 0 Å². The number of aromatic nitrogens is 1. The molecule has 0 bridgehead atoms. The number of hydrogen-bond acceptors (Lipinski definition) is 3. The first-order valence-electron chi connectivity index (χ1n) is 7.00. The molecule has 0 aliphatic heterocycles. The van der Waals surface area contributed by atoms with E-state index in [4.69, 9.17) is 5.11 Å². The minimum Gasteiger partial charge on any atom is -0.481 e. The zero-order valence-electron chi connectivity index (χ0n) is 11.5. The quantitative estimate of drug-likeness (QED) is 0.884. The summed E-state index contributed by atoms with van der Waals surface area (Å²) in [4.78, 5) is 17.6. The fourth-order valence-electron chi connectivity index (χ4n) is 2.78. The largest absolute Gasteiger partial charge is 0.481 e. The Balaban J connectivity index is 1.75. The molecule has 1 N–H and O–H groups in total. The van der Waals surface area contributed by atoms with Crippen molar-refractivity contribution in [1.82, 2.24) is 9.88 Å². The molecule has 0 atom stereocenters. The van der Waals surface area contributed by atoms with E-state index >= 15 is 0 Å². The van der Waals surface area contributed by atoms with Crippen LogP contribution in [0, 0.1) is 5.92 Å². The number of aliphatic carboxylic acids is 1. The van der Waals surface area contributed by atoms with Crippen molar-refractivity contribution in [3.8, 4) is 0 Å². The average Bonchev–Trinajstić information content (AvgIpc) is 2.46. The maximum Gasteiger partial charge on any atom is 0.306 e. The van der Waals surface area contributed by atoms with Gasteiger partial charge in [-0.05, 0) is 44.9 Å². The number of likely N-dealkylation sites (N-methyl/N-ethyl adjacent to an activating group) is 1. The van der Waals surface area contributed by atoms with Gasteiger partial charge in [0.25, 0.3) is 0 Å². The number of pyridine rings is 1. The Morgan fingerprint density at radius 3 is 2.68 bits per heavy atom. The standard InChI is InChI=1S/C15H22N2O2/c1-17(11-9-13-4-2-3-10-16-13)14-7-5-12(6-8-14)15(18)19/h2-4,10,12,14H,5-9,11H2,1H3,(H,18,19). The van der Waals surface area contributed by atoms with E-state index in [1.165, 1.54) is 0 Å². The van der Waals surface area contributed by atoms with Crippen LogP contribution in [0.5, 0.6) is 0 Å². The maximum absolute atomic E-state index is 10.9. The van der Waals surface area contributed by atoms with Crippen LogP contribution in [0.3, 0.4) is 0 Å². The van der Waals surface area contributed by atoms with Crippen LogP contribution in [0.4, 0.5) is 0 Å². The first kappa shape index (κ1) is 14.0.